The van der Waals surface area contributed by atoms with Crippen LogP contribution in [0, 0.1) is 0 Å². The highest BCUT2D eigenvalue weighted by molar-refractivity contribution is 8.02. The molecule has 0 unspecified atom stereocenters. The van der Waals surface area contributed by atoms with Gasteiger partial charge in [0.1, 0.15) is 0 Å². The van der Waals surface area contributed by atoms with Gasteiger partial charge in [-0.1, -0.05) is 0 Å². The SMILES string of the molecule is COC(=O)CC1=CSCCN1C(C)=O. The standard InChI is InChI=1S/C9H13NO3S/c1-7(11)10-3-4-14-6-8(10)5-9(12)13-2/h6H,3-5H2,1-2H3. The van der Waals surface area contributed by atoms with Crippen molar-refractivity contribution in [1.29, 1.82) is 0 Å². The van der Waals surface area contributed by atoms with Gasteiger partial charge in [-0.2, -0.15) is 0 Å². The Kier molecular flexibility index (Phi) is 4.00. The molecule has 14 heavy (non-hydrogen) atoms. The first-order valence-corrected chi connectivity index (χ1v) is 5.35. The van der Waals surface area contributed by atoms with E-state index in [1.165, 1.54) is 14.0 Å². The van der Waals surface area contributed by atoms with E-state index in [2.05, 4.69) is 4.74 Å². The van der Waals surface area contributed by atoms with Gasteiger partial charge >= 0.3 is 5.97 Å². The lowest BCUT2D eigenvalue weighted by Gasteiger charge is -2.26. The zero-order valence-corrected chi connectivity index (χ0v) is 9.10. The van der Waals surface area contributed by atoms with Gasteiger partial charge in [0.25, 0.3) is 0 Å². The Morgan fingerprint density at radius 3 is 2.93 bits per heavy atom. The maximum atomic E-state index is 11.2. The summed E-state index contributed by atoms with van der Waals surface area (Å²) in [5.41, 5.74) is 0.737. The lowest BCUT2D eigenvalue weighted by molar-refractivity contribution is -0.140. The van der Waals surface area contributed by atoms with Crippen LogP contribution in [-0.2, 0) is 14.3 Å². The van der Waals surface area contributed by atoms with Crippen LogP contribution in [0.1, 0.15) is 13.3 Å². The zero-order valence-electron chi connectivity index (χ0n) is 8.28. The van der Waals surface area contributed by atoms with Crippen molar-refractivity contribution in [3.63, 3.8) is 0 Å². The lowest BCUT2D eigenvalue weighted by atomic mass is 10.3. The van der Waals surface area contributed by atoms with Gasteiger partial charge in [-0.25, -0.2) is 0 Å². The fourth-order valence-corrected chi connectivity index (χ4v) is 2.03. The van der Waals surface area contributed by atoms with Crippen LogP contribution < -0.4 is 0 Å². The second-order valence-electron chi connectivity index (χ2n) is 2.90. The Labute approximate surface area is 87.3 Å². The highest BCUT2D eigenvalue weighted by atomic mass is 32.2. The Hall–Kier alpha value is -0.970. The number of carbonyl (C=O) groups excluding carboxylic acids is 2. The number of esters is 1. The molecule has 0 aromatic heterocycles. The average Bonchev–Trinajstić information content (AvgIpc) is 2.18. The van der Waals surface area contributed by atoms with Gasteiger partial charge in [-0.05, 0) is 5.41 Å². The maximum absolute atomic E-state index is 11.2. The van der Waals surface area contributed by atoms with Crippen molar-refractivity contribution in [1.82, 2.24) is 4.90 Å². The number of amides is 1. The molecular weight excluding hydrogens is 202 g/mol. The van der Waals surface area contributed by atoms with Crippen molar-refractivity contribution in [3.8, 4) is 0 Å². The third-order valence-corrected chi connectivity index (χ3v) is 2.79. The molecule has 0 bridgehead atoms. The molecule has 0 spiro atoms. The van der Waals surface area contributed by atoms with Gasteiger partial charge in [0.2, 0.25) is 5.91 Å². The molecule has 0 saturated heterocycles. The van der Waals surface area contributed by atoms with Crippen molar-refractivity contribution in [2.24, 2.45) is 0 Å². The first-order valence-electron chi connectivity index (χ1n) is 4.30. The van der Waals surface area contributed by atoms with Crippen LogP contribution >= 0.6 is 11.8 Å². The molecule has 1 heterocycles. The summed E-state index contributed by atoms with van der Waals surface area (Å²) < 4.78 is 4.55. The van der Waals surface area contributed by atoms with Crippen LogP contribution in [0.25, 0.3) is 0 Å². The minimum absolute atomic E-state index is 0.0274. The van der Waals surface area contributed by atoms with Crippen LogP contribution in [0.5, 0.6) is 0 Å². The summed E-state index contributed by atoms with van der Waals surface area (Å²) in [5, 5.41) is 1.85. The van der Waals surface area contributed by atoms with Crippen molar-refractivity contribution in [3.05, 3.63) is 11.1 Å². The van der Waals surface area contributed by atoms with Crippen molar-refractivity contribution < 1.29 is 14.3 Å². The van der Waals surface area contributed by atoms with E-state index in [0.29, 0.717) is 6.54 Å². The predicted molar refractivity (Wildman–Crippen MR) is 54.6 cm³/mol. The van der Waals surface area contributed by atoms with Crippen LogP contribution in [0.3, 0.4) is 0 Å². The van der Waals surface area contributed by atoms with Crippen molar-refractivity contribution >= 4 is 23.6 Å². The second-order valence-corrected chi connectivity index (χ2v) is 3.88. The molecule has 1 amide bonds. The normalized spacial score (nSPS) is 16.1. The smallest absolute Gasteiger partial charge is 0.311 e. The summed E-state index contributed by atoms with van der Waals surface area (Å²) in [6, 6.07) is 0. The molecule has 4 nitrogen and oxygen atoms in total. The monoisotopic (exact) mass is 215 g/mol. The van der Waals surface area contributed by atoms with E-state index >= 15 is 0 Å². The maximum Gasteiger partial charge on any atom is 0.311 e. The lowest BCUT2D eigenvalue weighted by Crippen LogP contribution is -2.33. The van der Waals surface area contributed by atoms with Crippen LogP contribution in [-0.4, -0.2) is 36.2 Å². The van der Waals surface area contributed by atoms with Crippen LogP contribution in [0.15, 0.2) is 11.1 Å². The summed E-state index contributed by atoms with van der Waals surface area (Å²) in [6.45, 7) is 2.17. The predicted octanol–water partition coefficient (Wildman–Crippen LogP) is 0.986. The molecule has 0 saturated carbocycles. The fourth-order valence-electron chi connectivity index (χ4n) is 1.22. The highest BCUT2D eigenvalue weighted by Gasteiger charge is 2.19. The van der Waals surface area contributed by atoms with Gasteiger partial charge in [0, 0.05) is 24.9 Å². The number of hydrogen-bond donors (Lipinski definition) is 0. The van der Waals surface area contributed by atoms with Gasteiger partial charge in [-0.15, -0.1) is 11.8 Å². The molecule has 5 heteroatoms. The van der Waals surface area contributed by atoms with Crippen molar-refractivity contribution in [2.75, 3.05) is 19.4 Å². The molecule has 78 valence electrons. The molecule has 0 N–H and O–H groups in total. The number of thioether (sulfide) groups is 1. The van der Waals surface area contributed by atoms with E-state index in [0.717, 1.165) is 11.4 Å². The van der Waals surface area contributed by atoms with Gasteiger partial charge < -0.3 is 9.64 Å². The molecule has 0 aliphatic carbocycles. The minimum Gasteiger partial charge on any atom is -0.469 e. The number of methoxy groups -OCH3 is 1. The number of rotatable bonds is 2. The molecule has 0 fully saturated rings. The quantitative estimate of drug-likeness (QED) is 0.644. The zero-order chi connectivity index (χ0) is 10.6. The Bertz CT molecular complexity index is 275. The highest BCUT2D eigenvalue weighted by Crippen LogP contribution is 2.21. The summed E-state index contributed by atoms with van der Waals surface area (Å²) in [7, 11) is 1.34. The van der Waals surface area contributed by atoms with E-state index in [4.69, 9.17) is 0 Å². The molecular formula is C9H13NO3S. The fraction of sp³-hybridized carbons (Fsp3) is 0.556. The number of nitrogens with zero attached hydrogens (tertiary/aromatic N) is 1. The van der Waals surface area contributed by atoms with E-state index in [1.54, 1.807) is 16.7 Å². The molecule has 0 aromatic carbocycles. The summed E-state index contributed by atoms with van der Waals surface area (Å²) in [5.74, 6) is 0.537. The third kappa shape index (κ3) is 2.77. The Balaban J connectivity index is 2.67. The number of carbonyl (C=O) groups is 2. The van der Waals surface area contributed by atoms with Gasteiger partial charge in [0.15, 0.2) is 0 Å². The van der Waals surface area contributed by atoms with E-state index < -0.39 is 0 Å². The molecule has 1 aliphatic heterocycles. The Morgan fingerprint density at radius 2 is 2.36 bits per heavy atom. The second kappa shape index (κ2) is 5.05. The first-order chi connectivity index (χ1) is 6.65. The first kappa shape index (κ1) is 11.1. The van der Waals surface area contributed by atoms with Crippen LogP contribution in [0.2, 0.25) is 0 Å². The van der Waals surface area contributed by atoms with Gasteiger partial charge in [0.05, 0.1) is 13.5 Å². The number of ether oxygens (including phenoxy) is 1. The topological polar surface area (TPSA) is 46.6 Å². The summed E-state index contributed by atoms with van der Waals surface area (Å²) in [6.07, 6.45) is 0.170. The average molecular weight is 215 g/mol. The molecule has 1 rings (SSSR count). The minimum atomic E-state index is -0.315. The van der Waals surface area contributed by atoms with Gasteiger partial charge in [-0.3, -0.25) is 9.59 Å². The van der Waals surface area contributed by atoms with E-state index in [1.807, 2.05) is 5.41 Å². The van der Waals surface area contributed by atoms with E-state index in [9.17, 15) is 9.59 Å². The Morgan fingerprint density at radius 1 is 1.64 bits per heavy atom. The molecule has 1 aliphatic rings. The molecule has 0 atom stereocenters. The molecule has 0 radical (unpaired) electrons. The largest absolute Gasteiger partial charge is 0.469 e. The van der Waals surface area contributed by atoms with Crippen molar-refractivity contribution in [2.45, 2.75) is 13.3 Å². The summed E-state index contributed by atoms with van der Waals surface area (Å²) in [4.78, 5) is 23.9. The summed E-state index contributed by atoms with van der Waals surface area (Å²) >= 11 is 1.61. The molecule has 0 aromatic rings. The third-order valence-electron chi connectivity index (χ3n) is 1.93. The van der Waals surface area contributed by atoms with Crippen LogP contribution in [0.4, 0.5) is 0 Å². The number of hydrogen-bond acceptors (Lipinski definition) is 4. The van der Waals surface area contributed by atoms with E-state index in [-0.39, 0.29) is 18.3 Å².